The van der Waals surface area contributed by atoms with Gasteiger partial charge >= 0.3 is 5.97 Å². The maximum atomic E-state index is 11.7. The van der Waals surface area contributed by atoms with Gasteiger partial charge in [0.2, 0.25) is 5.91 Å². The van der Waals surface area contributed by atoms with E-state index in [-0.39, 0.29) is 11.7 Å². The van der Waals surface area contributed by atoms with Gasteiger partial charge in [0, 0.05) is 11.9 Å². The van der Waals surface area contributed by atoms with Gasteiger partial charge in [-0.2, -0.15) is 0 Å². The minimum Gasteiger partial charge on any atom is -0.480 e. The molecule has 0 aromatic carbocycles. The highest BCUT2D eigenvalue weighted by Crippen LogP contribution is 2.14. The monoisotopic (exact) mass is 273 g/mol. The molecule has 94 valence electrons. The lowest BCUT2D eigenvalue weighted by Crippen LogP contribution is -2.28. The van der Waals surface area contributed by atoms with Crippen LogP contribution in [-0.4, -0.2) is 39.9 Å². The van der Waals surface area contributed by atoms with E-state index in [1.165, 1.54) is 0 Å². The Morgan fingerprint density at radius 2 is 2.29 bits per heavy atom. The van der Waals surface area contributed by atoms with Crippen molar-refractivity contribution >= 4 is 35.0 Å². The van der Waals surface area contributed by atoms with Crippen molar-refractivity contribution < 1.29 is 14.7 Å². The molecule has 1 unspecified atom stereocenters. The summed E-state index contributed by atoms with van der Waals surface area (Å²) in [5, 5.41) is 10.1. The zero-order chi connectivity index (χ0) is 12.8. The number of carboxylic acid groups (broad SMARTS) is 1. The Morgan fingerprint density at radius 3 is 2.82 bits per heavy atom. The first-order valence-corrected chi connectivity index (χ1v) is 7.04. The summed E-state index contributed by atoms with van der Waals surface area (Å²) in [5.41, 5.74) is 0. The third kappa shape index (κ3) is 4.79. The van der Waals surface area contributed by atoms with Crippen LogP contribution in [0.2, 0.25) is 0 Å². The van der Waals surface area contributed by atoms with Crippen LogP contribution < -0.4 is 0 Å². The lowest BCUT2D eigenvalue weighted by atomic mass is 10.4. The number of carbonyl (C=O) groups excluding carboxylic acids is 1. The molecule has 1 N–H and O–H groups in total. The van der Waals surface area contributed by atoms with E-state index in [1.54, 1.807) is 30.2 Å². The van der Waals surface area contributed by atoms with Crippen LogP contribution >= 0.6 is 23.1 Å². The second kappa shape index (κ2) is 6.66. The van der Waals surface area contributed by atoms with Crippen LogP contribution in [-0.2, 0) is 16.1 Å². The molecule has 1 aromatic heterocycles. The van der Waals surface area contributed by atoms with E-state index in [4.69, 9.17) is 5.11 Å². The smallest absolute Gasteiger partial charge is 0.316 e. The maximum Gasteiger partial charge on any atom is 0.316 e. The average molecular weight is 273 g/mol. The molecule has 1 amide bonds. The number of hydrogen-bond acceptors (Lipinski definition) is 4. The van der Waals surface area contributed by atoms with Crippen molar-refractivity contribution in [2.75, 3.05) is 12.8 Å². The fourth-order valence-electron chi connectivity index (χ4n) is 1.10. The Kier molecular flexibility index (Phi) is 5.50. The molecule has 0 aliphatic rings. The maximum absolute atomic E-state index is 11.7. The molecule has 0 saturated heterocycles. The van der Waals surface area contributed by atoms with E-state index in [9.17, 15) is 9.59 Å². The SMILES string of the molecule is CC(SCC(=O)N(C)Cc1cccs1)C(=O)O. The number of thiophene rings is 1. The molecule has 0 spiro atoms. The van der Waals surface area contributed by atoms with Crippen LogP contribution in [0.3, 0.4) is 0 Å². The normalized spacial score (nSPS) is 12.1. The summed E-state index contributed by atoms with van der Waals surface area (Å²) in [6.07, 6.45) is 0. The number of carbonyl (C=O) groups is 2. The number of amides is 1. The van der Waals surface area contributed by atoms with E-state index >= 15 is 0 Å². The third-order valence-electron chi connectivity index (χ3n) is 2.20. The van der Waals surface area contributed by atoms with Gasteiger partial charge in [-0.05, 0) is 18.4 Å². The Hall–Kier alpha value is -1.01. The molecule has 0 fully saturated rings. The van der Waals surface area contributed by atoms with Crippen LogP contribution in [0.15, 0.2) is 17.5 Å². The largest absolute Gasteiger partial charge is 0.480 e. The lowest BCUT2D eigenvalue weighted by molar-refractivity contribution is -0.136. The van der Waals surface area contributed by atoms with Crippen LogP contribution in [0.25, 0.3) is 0 Å². The number of hydrogen-bond donors (Lipinski definition) is 1. The molecular formula is C11H15NO3S2. The Bertz CT molecular complexity index is 378. The Balaban J connectivity index is 2.34. The summed E-state index contributed by atoms with van der Waals surface area (Å²) in [5.74, 6) is -0.727. The first-order valence-electron chi connectivity index (χ1n) is 5.11. The third-order valence-corrected chi connectivity index (χ3v) is 4.18. The van der Waals surface area contributed by atoms with Crippen LogP contribution in [0.4, 0.5) is 0 Å². The molecule has 0 radical (unpaired) electrons. The van der Waals surface area contributed by atoms with Gasteiger partial charge in [-0.25, -0.2) is 0 Å². The van der Waals surface area contributed by atoms with Gasteiger partial charge in [-0.3, -0.25) is 9.59 Å². The molecule has 1 aromatic rings. The minimum absolute atomic E-state index is 0.0449. The average Bonchev–Trinajstić information content (AvgIpc) is 2.77. The highest BCUT2D eigenvalue weighted by atomic mass is 32.2. The van der Waals surface area contributed by atoms with Gasteiger partial charge in [-0.15, -0.1) is 23.1 Å². The number of aliphatic carboxylic acids is 1. The number of thioether (sulfide) groups is 1. The van der Waals surface area contributed by atoms with E-state index in [0.29, 0.717) is 6.54 Å². The standard InChI is InChI=1S/C11H15NO3S2/c1-8(11(14)15)17-7-10(13)12(2)6-9-4-3-5-16-9/h3-5,8H,6-7H2,1-2H3,(H,14,15). The molecular weight excluding hydrogens is 258 g/mol. The van der Waals surface area contributed by atoms with Crippen molar-refractivity contribution in [3.63, 3.8) is 0 Å². The Labute approximate surface area is 109 Å². The predicted molar refractivity (Wildman–Crippen MR) is 70.3 cm³/mol. The van der Waals surface area contributed by atoms with Crippen molar-refractivity contribution in [3.05, 3.63) is 22.4 Å². The molecule has 0 saturated carbocycles. The summed E-state index contributed by atoms with van der Waals surface area (Å²) in [4.78, 5) is 25.0. The molecule has 0 bridgehead atoms. The van der Waals surface area contributed by atoms with Crippen molar-refractivity contribution in [1.29, 1.82) is 0 Å². The van der Waals surface area contributed by atoms with Crippen LogP contribution in [0.5, 0.6) is 0 Å². The first-order chi connectivity index (χ1) is 8.00. The van der Waals surface area contributed by atoms with Gasteiger partial charge in [0.05, 0.1) is 17.5 Å². The number of nitrogens with zero attached hydrogens (tertiary/aromatic N) is 1. The molecule has 1 atom stereocenters. The fraction of sp³-hybridized carbons (Fsp3) is 0.455. The summed E-state index contributed by atoms with van der Waals surface area (Å²) >= 11 is 2.75. The first kappa shape index (κ1) is 14.1. The van der Waals surface area contributed by atoms with Crippen molar-refractivity contribution in [2.45, 2.75) is 18.7 Å². The molecule has 4 nitrogen and oxygen atoms in total. The summed E-state index contributed by atoms with van der Waals surface area (Å²) in [7, 11) is 1.73. The zero-order valence-corrected chi connectivity index (χ0v) is 11.4. The summed E-state index contributed by atoms with van der Waals surface area (Å²) in [6, 6.07) is 3.92. The van der Waals surface area contributed by atoms with Crippen LogP contribution in [0, 0.1) is 0 Å². The molecule has 1 rings (SSSR count). The van der Waals surface area contributed by atoms with Gasteiger partial charge in [0.25, 0.3) is 0 Å². The van der Waals surface area contributed by atoms with E-state index in [0.717, 1.165) is 16.6 Å². The van der Waals surface area contributed by atoms with Crippen LogP contribution in [0.1, 0.15) is 11.8 Å². The fourth-order valence-corrected chi connectivity index (χ4v) is 2.62. The molecule has 0 aliphatic heterocycles. The minimum atomic E-state index is -0.885. The topological polar surface area (TPSA) is 57.6 Å². The molecule has 0 aliphatic carbocycles. The number of rotatable bonds is 6. The quantitative estimate of drug-likeness (QED) is 0.860. The molecule has 6 heteroatoms. The van der Waals surface area contributed by atoms with Gasteiger partial charge in [-0.1, -0.05) is 6.07 Å². The van der Waals surface area contributed by atoms with E-state index in [2.05, 4.69) is 0 Å². The van der Waals surface area contributed by atoms with E-state index in [1.807, 2.05) is 17.5 Å². The Morgan fingerprint density at radius 1 is 1.59 bits per heavy atom. The van der Waals surface area contributed by atoms with Crippen molar-refractivity contribution in [2.24, 2.45) is 0 Å². The number of carboxylic acids is 1. The second-order valence-corrected chi connectivity index (χ2v) is 5.98. The second-order valence-electron chi connectivity index (χ2n) is 3.62. The molecule has 17 heavy (non-hydrogen) atoms. The summed E-state index contributed by atoms with van der Waals surface area (Å²) in [6.45, 7) is 2.16. The highest BCUT2D eigenvalue weighted by molar-refractivity contribution is 8.01. The predicted octanol–water partition coefficient (Wildman–Crippen LogP) is 1.91. The van der Waals surface area contributed by atoms with Gasteiger partial charge < -0.3 is 10.0 Å². The van der Waals surface area contributed by atoms with E-state index < -0.39 is 11.2 Å². The summed E-state index contributed by atoms with van der Waals surface area (Å²) < 4.78 is 0. The van der Waals surface area contributed by atoms with Crippen molar-refractivity contribution in [1.82, 2.24) is 4.90 Å². The highest BCUT2D eigenvalue weighted by Gasteiger charge is 2.16. The van der Waals surface area contributed by atoms with Gasteiger partial charge in [0.1, 0.15) is 0 Å². The van der Waals surface area contributed by atoms with Crippen molar-refractivity contribution in [3.8, 4) is 0 Å². The molecule has 1 heterocycles. The zero-order valence-electron chi connectivity index (χ0n) is 9.75. The lowest BCUT2D eigenvalue weighted by Gasteiger charge is -2.16. The van der Waals surface area contributed by atoms with Gasteiger partial charge in [0.15, 0.2) is 0 Å².